The third-order valence-corrected chi connectivity index (χ3v) is 4.17. The van der Waals surface area contributed by atoms with Crippen molar-refractivity contribution in [2.24, 2.45) is 0 Å². The van der Waals surface area contributed by atoms with Crippen molar-refractivity contribution < 1.29 is 22.5 Å². The highest BCUT2D eigenvalue weighted by Crippen LogP contribution is 2.31. The molecule has 0 aliphatic carbocycles. The van der Waals surface area contributed by atoms with Crippen molar-refractivity contribution in [1.29, 1.82) is 0 Å². The van der Waals surface area contributed by atoms with Crippen LogP contribution in [0.3, 0.4) is 0 Å². The topological polar surface area (TPSA) is 110 Å². The molecule has 0 radical (unpaired) electrons. The number of aromatic amines is 1. The van der Waals surface area contributed by atoms with Crippen molar-refractivity contribution in [3.05, 3.63) is 59.9 Å². The second-order valence-electron chi connectivity index (χ2n) is 6.22. The molecule has 0 saturated carbocycles. The van der Waals surface area contributed by atoms with Crippen molar-refractivity contribution in [1.82, 2.24) is 30.4 Å². The van der Waals surface area contributed by atoms with Gasteiger partial charge < -0.3 is 14.8 Å². The van der Waals surface area contributed by atoms with Crippen molar-refractivity contribution in [3.63, 3.8) is 0 Å². The summed E-state index contributed by atoms with van der Waals surface area (Å²) < 4.78 is 43.8. The molecule has 0 aliphatic heterocycles. The summed E-state index contributed by atoms with van der Waals surface area (Å²) in [6.07, 6.45) is -1.74. The Hall–Kier alpha value is -3.76. The molecule has 3 heterocycles. The number of halogens is 3. The fourth-order valence-corrected chi connectivity index (χ4v) is 2.68. The second-order valence-corrected chi connectivity index (χ2v) is 6.22. The van der Waals surface area contributed by atoms with E-state index in [1.807, 2.05) is 0 Å². The minimum Gasteiger partial charge on any atom is -0.358 e. The minimum absolute atomic E-state index is 0.198. The summed E-state index contributed by atoms with van der Waals surface area (Å²) >= 11 is 0. The molecule has 1 aromatic carbocycles. The van der Waals surface area contributed by atoms with Gasteiger partial charge in [-0.05, 0) is 31.2 Å². The summed E-state index contributed by atoms with van der Waals surface area (Å²) in [6, 6.07) is 5.72. The molecular formula is C18H13F3N6O2. The first kappa shape index (κ1) is 18.6. The molecule has 0 bridgehead atoms. The van der Waals surface area contributed by atoms with Crippen LogP contribution >= 0.6 is 0 Å². The van der Waals surface area contributed by atoms with E-state index >= 15 is 0 Å². The number of amides is 1. The van der Waals surface area contributed by atoms with Gasteiger partial charge in [-0.1, -0.05) is 5.16 Å². The Morgan fingerprint density at radius 2 is 2.07 bits per heavy atom. The lowest BCUT2D eigenvalue weighted by Crippen LogP contribution is -2.27. The summed E-state index contributed by atoms with van der Waals surface area (Å²) in [5, 5.41) is 6.60. The number of hydrogen-bond donors (Lipinski definition) is 2. The summed E-state index contributed by atoms with van der Waals surface area (Å²) in [4.78, 5) is 26.8. The average Bonchev–Trinajstić information content (AvgIpc) is 3.34. The maximum atomic E-state index is 12.9. The lowest BCUT2D eigenvalue weighted by Gasteiger charge is -2.09. The second kappa shape index (κ2) is 7.00. The van der Waals surface area contributed by atoms with Crippen LogP contribution in [0.2, 0.25) is 0 Å². The van der Waals surface area contributed by atoms with Crippen molar-refractivity contribution in [2.45, 2.75) is 19.1 Å². The van der Waals surface area contributed by atoms with Crippen LogP contribution in [0.15, 0.2) is 47.4 Å². The molecule has 29 heavy (non-hydrogen) atoms. The highest BCUT2D eigenvalue weighted by atomic mass is 19.4. The molecule has 4 aromatic rings. The number of aromatic nitrogens is 5. The van der Waals surface area contributed by atoms with Crippen LogP contribution < -0.4 is 5.32 Å². The molecule has 0 saturated heterocycles. The fraction of sp³-hybridized carbons (Fsp3) is 0.167. The smallest absolute Gasteiger partial charge is 0.358 e. The number of nitrogens with zero attached hydrogens (tertiary/aromatic N) is 4. The monoisotopic (exact) mass is 402 g/mol. The van der Waals surface area contributed by atoms with Gasteiger partial charge in [0.05, 0.1) is 22.6 Å². The quantitative estimate of drug-likeness (QED) is 0.541. The van der Waals surface area contributed by atoms with Gasteiger partial charge in [-0.15, -0.1) is 0 Å². The lowest BCUT2D eigenvalue weighted by atomic mass is 10.2. The zero-order valence-corrected chi connectivity index (χ0v) is 14.9. The minimum atomic E-state index is -4.45. The van der Waals surface area contributed by atoms with Crippen LogP contribution in [-0.4, -0.2) is 31.0 Å². The number of imidazole rings is 1. The molecular weight excluding hydrogens is 389 g/mol. The van der Waals surface area contributed by atoms with Gasteiger partial charge in [0.15, 0.2) is 11.6 Å². The molecule has 0 spiro atoms. The molecule has 0 aliphatic rings. The third-order valence-electron chi connectivity index (χ3n) is 4.17. The number of benzene rings is 1. The van der Waals surface area contributed by atoms with Crippen molar-refractivity contribution in [3.8, 4) is 11.5 Å². The van der Waals surface area contributed by atoms with Crippen LogP contribution in [0.25, 0.3) is 22.6 Å². The van der Waals surface area contributed by atoms with E-state index in [0.717, 1.165) is 12.1 Å². The maximum Gasteiger partial charge on any atom is 0.416 e. The van der Waals surface area contributed by atoms with E-state index in [9.17, 15) is 18.0 Å². The number of nitrogens with one attached hydrogen (secondary N) is 2. The zero-order chi connectivity index (χ0) is 20.6. The summed E-state index contributed by atoms with van der Waals surface area (Å²) in [5.41, 5.74) is 0.312. The van der Waals surface area contributed by atoms with Crippen LogP contribution in [0.1, 0.15) is 34.8 Å². The average molecular weight is 402 g/mol. The Balaban J connectivity index is 1.54. The summed E-state index contributed by atoms with van der Waals surface area (Å²) in [6.45, 7) is 1.69. The molecule has 1 amide bonds. The van der Waals surface area contributed by atoms with Gasteiger partial charge in [0.25, 0.3) is 5.91 Å². The van der Waals surface area contributed by atoms with E-state index in [1.165, 1.54) is 24.7 Å². The zero-order valence-electron chi connectivity index (χ0n) is 14.9. The molecule has 148 valence electrons. The molecule has 11 heteroatoms. The summed E-state index contributed by atoms with van der Waals surface area (Å²) in [7, 11) is 0. The number of fused-ring (bicyclic) bond motifs is 1. The van der Waals surface area contributed by atoms with E-state index in [-0.39, 0.29) is 17.0 Å². The lowest BCUT2D eigenvalue weighted by molar-refractivity contribution is -0.137. The van der Waals surface area contributed by atoms with Crippen LogP contribution in [0, 0.1) is 0 Å². The van der Waals surface area contributed by atoms with Gasteiger partial charge in [0.2, 0.25) is 0 Å². The number of H-pyrrole nitrogens is 1. The van der Waals surface area contributed by atoms with Crippen molar-refractivity contribution >= 4 is 16.9 Å². The highest BCUT2D eigenvalue weighted by molar-refractivity contribution is 5.92. The molecule has 4 rings (SSSR count). The predicted molar refractivity (Wildman–Crippen MR) is 94.5 cm³/mol. The summed E-state index contributed by atoms with van der Waals surface area (Å²) in [5.74, 6) is 0.184. The molecule has 0 unspecified atom stereocenters. The first-order valence-corrected chi connectivity index (χ1v) is 8.42. The van der Waals surface area contributed by atoms with Crippen molar-refractivity contribution in [2.75, 3.05) is 0 Å². The molecule has 8 nitrogen and oxygen atoms in total. The normalized spacial score (nSPS) is 12.8. The van der Waals surface area contributed by atoms with Gasteiger partial charge in [-0.2, -0.15) is 13.2 Å². The van der Waals surface area contributed by atoms with Gasteiger partial charge in [0.1, 0.15) is 17.7 Å². The Morgan fingerprint density at radius 1 is 1.24 bits per heavy atom. The number of carbonyl (C=O) groups excluding carboxylic acids is 1. The standard InChI is InChI=1S/C18H13F3N6O2/c1-9(24-17(28)12-4-5-22-8-23-12)15-7-14(27-29-15)16-25-11-3-2-10(18(19,20)21)6-13(11)26-16/h2-9H,1H3,(H,24,28)(H,25,26)/t9-/m1/s1. The van der Waals surface area contributed by atoms with Gasteiger partial charge in [-0.25, -0.2) is 15.0 Å². The number of rotatable bonds is 4. The van der Waals surface area contributed by atoms with Gasteiger partial charge in [0, 0.05) is 12.3 Å². The van der Waals surface area contributed by atoms with E-state index in [0.29, 0.717) is 17.0 Å². The molecule has 0 fully saturated rings. The first-order chi connectivity index (χ1) is 13.8. The number of carbonyl (C=O) groups is 1. The fourth-order valence-electron chi connectivity index (χ4n) is 2.68. The first-order valence-electron chi connectivity index (χ1n) is 8.42. The van der Waals surface area contributed by atoms with Crippen LogP contribution in [0.5, 0.6) is 0 Å². The maximum absolute atomic E-state index is 12.9. The highest BCUT2D eigenvalue weighted by Gasteiger charge is 2.30. The molecule has 2 N–H and O–H groups in total. The molecule has 3 aromatic heterocycles. The van der Waals surface area contributed by atoms with Gasteiger partial charge >= 0.3 is 6.18 Å². The van der Waals surface area contributed by atoms with E-state index in [2.05, 4.69) is 30.4 Å². The Labute approximate surface area is 161 Å². The predicted octanol–water partition coefficient (Wildman–Crippen LogP) is 3.52. The van der Waals surface area contributed by atoms with E-state index in [4.69, 9.17) is 4.52 Å². The largest absolute Gasteiger partial charge is 0.416 e. The van der Waals surface area contributed by atoms with E-state index < -0.39 is 23.7 Å². The number of alkyl halides is 3. The third kappa shape index (κ3) is 3.79. The number of hydrogen-bond acceptors (Lipinski definition) is 6. The Kier molecular flexibility index (Phi) is 4.49. The Bertz CT molecular complexity index is 1170. The van der Waals surface area contributed by atoms with E-state index in [1.54, 1.807) is 13.0 Å². The Morgan fingerprint density at radius 3 is 2.79 bits per heavy atom. The van der Waals surface area contributed by atoms with Crippen LogP contribution in [0.4, 0.5) is 13.2 Å². The van der Waals surface area contributed by atoms with Crippen LogP contribution in [-0.2, 0) is 6.18 Å². The van der Waals surface area contributed by atoms with Gasteiger partial charge in [-0.3, -0.25) is 4.79 Å². The molecule has 1 atom stereocenters. The SMILES string of the molecule is C[C@@H](NC(=O)c1ccncn1)c1cc(-c2nc3ccc(C(F)(F)F)cc3[nH]2)no1.